The third-order valence-corrected chi connectivity index (χ3v) is 7.05. The molecule has 1 fully saturated rings. The van der Waals surface area contributed by atoms with E-state index >= 15 is 0 Å². The van der Waals surface area contributed by atoms with Gasteiger partial charge in [-0.2, -0.15) is 0 Å². The second kappa shape index (κ2) is 11.7. The second-order valence-electron chi connectivity index (χ2n) is 9.83. The third kappa shape index (κ3) is 6.29. The smallest absolute Gasteiger partial charge is 0.237 e. The molecule has 39 heavy (non-hydrogen) atoms. The lowest BCUT2D eigenvalue weighted by Gasteiger charge is -2.27. The van der Waals surface area contributed by atoms with Gasteiger partial charge in [0.05, 0.1) is 23.5 Å². The van der Waals surface area contributed by atoms with Gasteiger partial charge in [-0.15, -0.1) is 0 Å². The van der Waals surface area contributed by atoms with Gasteiger partial charge in [-0.3, -0.25) is 14.7 Å². The fourth-order valence-corrected chi connectivity index (χ4v) is 5.23. The minimum Gasteiger partial charge on any atom is -0.396 e. The maximum absolute atomic E-state index is 14.1. The number of anilines is 1. The summed E-state index contributed by atoms with van der Waals surface area (Å²) < 4.78 is 42.1. The number of likely N-dealkylation sites (tertiary alicyclic amines) is 1. The molecule has 0 radical (unpaired) electrons. The molecule has 0 saturated carbocycles. The lowest BCUT2D eigenvalue weighted by Crippen LogP contribution is -2.44. The zero-order chi connectivity index (χ0) is 27.4. The summed E-state index contributed by atoms with van der Waals surface area (Å²) in [6, 6.07) is 20.1. The summed E-state index contributed by atoms with van der Waals surface area (Å²) in [5.74, 6) is -2.12. The summed E-state index contributed by atoms with van der Waals surface area (Å²) in [5, 5.41) is 3.12. The second-order valence-corrected chi connectivity index (χ2v) is 9.83. The van der Waals surface area contributed by atoms with Gasteiger partial charge in [0.15, 0.2) is 0 Å². The molecule has 1 amide bonds. The molecule has 0 bridgehead atoms. The number of pyridine rings is 1. The van der Waals surface area contributed by atoms with E-state index in [2.05, 4.69) is 15.2 Å². The van der Waals surface area contributed by atoms with E-state index in [-0.39, 0.29) is 24.1 Å². The third-order valence-electron chi connectivity index (χ3n) is 7.05. The Labute approximate surface area is 225 Å². The molecule has 3 aromatic carbocycles. The van der Waals surface area contributed by atoms with Crippen LogP contribution in [0, 0.1) is 17.5 Å². The molecule has 0 aliphatic carbocycles. The number of hydrogen-bond acceptors (Lipinski definition) is 4. The first-order valence-corrected chi connectivity index (χ1v) is 12.9. The van der Waals surface area contributed by atoms with E-state index in [9.17, 15) is 18.0 Å². The highest BCUT2D eigenvalue weighted by molar-refractivity contribution is 5.83. The van der Waals surface area contributed by atoms with E-state index in [0.717, 1.165) is 24.6 Å². The molecule has 2 atom stereocenters. The zero-order valence-corrected chi connectivity index (χ0v) is 21.3. The first-order valence-electron chi connectivity index (χ1n) is 12.9. The van der Waals surface area contributed by atoms with Gasteiger partial charge in [-0.25, -0.2) is 13.2 Å². The number of hydrogen-bond donors (Lipinski definition) is 2. The maximum Gasteiger partial charge on any atom is 0.237 e. The van der Waals surface area contributed by atoms with Crippen molar-refractivity contribution < 1.29 is 18.0 Å². The topological polar surface area (TPSA) is 71.2 Å². The predicted octanol–water partition coefficient (Wildman–Crippen LogP) is 5.81. The van der Waals surface area contributed by atoms with Crippen LogP contribution in [0.25, 0.3) is 11.1 Å². The summed E-state index contributed by atoms with van der Waals surface area (Å²) in [7, 11) is 0. The summed E-state index contributed by atoms with van der Waals surface area (Å²) in [6.07, 6.45) is 3.28. The fraction of sp³-hybridized carbons (Fsp3) is 0.226. The Bertz CT molecular complexity index is 1440. The molecule has 0 spiro atoms. The lowest BCUT2D eigenvalue weighted by molar-refractivity contribution is -0.126. The molecule has 8 heteroatoms. The van der Waals surface area contributed by atoms with Crippen molar-refractivity contribution in [3.63, 3.8) is 0 Å². The van der Waals surface area contributed by atoms with Gasteiger partial charge in [0.2, 0.25) is 5.91 Å². The van der Waals surface area contributed by atoms with Gasteiger partial charge in [-0.1, -0.05) is 42.5 Å². The largest absolute Gasteiger partial charge is 0.396 e. The molecule has 3 N–H and O–H groups in total. The van der Waals surface area contributed by atoms with Crippen molar-refractivity contribution in [1.82, 2.24) is 15.2 Å². The van der Waals surface area contributed by atoms with E-state index in [1.807, 2.05) is 30.3 Å². The Kier molecular flexibility index (Phi) is 7.93. The van der Waals surface area contributed by atoms with E-state index in [0.29, 0.717) is 35.3 Å². The van der Waals surface area contributed by atoms with E-state index < -0.39 is 23.5 Å². The molecule has 1 aliphatic rings. The number of aromatic nitrogens is 1. The first-order chi connectivity index (χ1) is 18.9. The minimum absolute atomic E-state index is 0.0161. The molecule has 5 rings (SSSR count). The molecule has 4 aromatic rings. The highest BCUT2D eigenvalue weighted by atomic mass is 19.1. The van der Waals surface area contributed by atoms with Crippen LogP contribution in [-0.2, 0) is 17.8 Å². The Hall–Kier alpha value is -4.17. The Balaban J connectivity index is 1.47. The molecule has 2 unspecified atom stereocenters. The van der Waals surface area contributed by atoms with Crippen molar-refractivity contribution in [2.24, 2.45) is 0 Å². The van der Waals surface area contributed by atoms with Crippen molar-refractivity contribution in [1.29, 1.82) is 0 Å². The Morgan fingerprint density at radius 3 is 2.49 bits per heavy atom. The number of benzene rings is 3. The number of carbonyl (C=O) groups is 1. The van der Waals surface area contributed by atoms with Crippen LogP contribution in [-0.4, -0.2) is 28.4 Å². The molecule has 5 nitrogen and oxygen atoms in total. The van der Waals surface area contributed by atoms with Gasteiger partial charge >= 0.3 is 0 Å². The van der Waals surface area contributed by atoms with Crippen LogP contribution in [0.3, 0.4) is 0 Å². The quantitative estimate of drug-likeness (QED) is 0.282. The normalized spacial score (nSPS) is 16.2. The number of carbonyl (C=O) groups excluding carboxylic acids is 1. The number of halogens is 3. The molecule has 2 heterocycles. The van der Waals surface area contributed by atoms with Gasteiger partial charge in [0.25, 0.3) is 0 Å². The van der Waals surface area contributed by atoms with Crippen LogP contribution in [0.2, 0.25) is 0 Å². The molecule has 1 saturated heterocycles. The SMILES string of the molecule is Nc1cc(-c2cccnc2C(Cc2cc(F)cc(F)c2)NC(=O)C2CCCN2Cc2ccccc2)ccc1F. The summed E-state index contributed by atoms with van der Waals surface area (Å²) >= 11 is 0. The number of amides is 1. The van der Waals surface area contributed by atoms with Crippen molar-refractivity contribution in [2.45, 2.75) is 37.9 Å². The van der Waals surface area contributed by atoms with Gasteiger partial charge in [0.1, 0.15) is 17.5 Å². The van der Waals surface area contributed by atoms with Crippen LogP contribution >= 0.6 is 0 Å². The molecular weight excluding hydrogens is 501 g/mol. The summed E-state index contributed by atoms with van der Waals surface area (Å²) in [5.41, 5.74) is 9.06. The van der Waals surface area contributed by atoms with Gasteiger partial charge in [-0.05, 0) is 72.8 Å². The number of nitrogen functional groups attached to an aromatic ring is 1. The van der Waals surface area contributed by atoms with Gasteiger partial charge in [0, 0.05) is 24.4 Å². The lowest BCUT2D eigenvalue weighted by atomic mass is 9.94. The fourth-order valence-electron chi connectivity index (χ4n) is 5.23. The van der Waals surface area contributed by atoms with Crippen molar-refractivity contribution >= 4 is 11.6 Å². The number of rotatable bonds is 8. The summed E-state index contributed by atoms with van der Waals surface area (Å²) in [6.45, 7) is 1.43. The minimum atomic E-state index is -0.708. The van der Waals surface area contributed by atoms with Crippen molar-refractivity contribution in [3.05, 3.63) is 119 Å². The van der Waals surface area contributed by atoms with Crippen molar-refractivity contribution in [2.75, 3.05) is 12.3 Å². The monoisotopic (exact) mass is 530 g/mol. The predicted molar refractivity (Wildman–Crippen MR) is 145 cm³/mol. The molecule has 1 aliphatic heterocycles. The standard InChI is InChI=1S/C31H29F3N4O/c32-23-14-21(15-24(33)18-23)16-28(30-25(8-4-12-36-30)22-10-11-26(34)27(35)17-22)37-31(39)29-9-5-13-38(29)19-20-6-2-1-3-7-20/h1-4,6-8,10-12,14-15,17-18,28-29H,5,9,13,16,19,35H2,(H,37,39). The van der Waals surface area contributed by atoms with Crippen LogP contribution in [0.1, 0.15) is 35.7 Å². The number of nitrogens with one attached hydrogen (secondary N) is 1. The van der Waals surface area contributed by atoms with Crippen LogP contribution in [0.4, 0.5) is 18.9 Å². The molecular formula is C31H29F3N4O. The molecule has 1 aromatic heterocycles. The highest BCUT2D eigenvalue weighted by Crippen LogP contribution is 2.31. The number of nitrogens with two attached hydrogens (primary N) is 1. The molecule has 200 valence electrons. The van der Waals surface area contributed by atoms with E-state index in [1.54, 1.807) is 24.4 Å². The van der Waals surface area contributed by atoms with Gasteiger partial charge < -0.3 is 11.1 Å². The van der Waals surface area contributed by atoms with Crippen LogP contribution in [0.15, 0.2) is 85.1 Å². The first kappa shape index (κ1) is 26.4. The average molecular weight is 531 g/mol. The number of nitrogens with zero attached hydrogens (tertiary/aromatic N) is 2. The maximum atomic E-state index is 14.1. The average Bonchev–Trinajstić information content (AvgIpc) is 3.38. The van der Waals surface area contributed by atoms with E-state index in [1.165, 1.54) is 24.3 Å². The van der Waals surface area contributed by atoms with Crippen molar-refractivity contribution in [3.8, 4) is 11.1 Å². The van der Waals surface area contributed by atoms with Crippen LogP contribution < -0.4 is 11.1 Å². The summed E-state index contributed by atoms with van der Waals surface area (Å²) in [4.78, 5) is 20.4. The Morgan fingerprint density at radius 2 is 1.74 bits per heavy atom. The highest BCUT2D eigenvalue weighted by Gasteiger charge is 2.33. The van der Waals surface area contributed by atoms with Crippen LogP contribution in [0.5, 0.6) is 0 Å². The Morgan fingerprint density at radius 1 is 0.974 bits per heavy atom. The zero-order valence-electron chi connectivity index (χ0n) is 21.3. The van der Waals surface area contributed by atoms with E-state index in [4.69, 9.17) is 5.73 Å².